The maximum Gasteiger partial charge on any atom is 0.322 e. The first-order valence-electron chi connectivity index (χ1n) is 5.75. The molecule has 1 atom stereocenters. The molecule has 0 aromatic heterocycles. The van der Waals surface area contributed by atoms with Gasteiger partial charge < -0.3 is 10.1 Å². The molecule has 0 aliphatic rings. The van der Waals surface area contributed by atoms with Crippen LogP contribution in [-0.2, 0) is 20.9 Å². The molecule has 2 N–H and O–H groups in total. The Morgan fingerprint density at radius 1 is 1.28 bits per heavy atom. The number of hydrogen-bond donors (Lipinski definition) is 2. The Morgan fingerprint density at radius 3 is 2.56 bits per heavy atom. The fraction of sp³-hybridized carbons (Fsp3) is 0.385. The van der Waals surface area contributed by atoms with Gasteiger partial charge in [-0.1, -0.05) is 30.3 Å². The Bertz CT molecular complexity index is 392. The Labute approximate surface area is 107 Å². The van der Waals surface area contributed by atoms with Gasteiger partial charge in [-0.05, 0) is 12.5 Å². The lowest BCUT2D eigenvalue weighted by atomic mass is 10.2. The van der Waals surface area contributed by atoms with Gasteiger partial charge in [-0.2, -0.15) is 0 Å². The van der Waals surface area contributed by atoms with Gasteiger partial charge >= 0.3 is 5.97 Å². The van der Waals surface area contributed by atoms with Crippen LogP contribution in [-0.4, -0.2) is 31.6 Å². The van der Waals surface area contributed by atoms with Crippen molar-refractivity contribution in [2.75, 3.05) is 13.7 Å². The van der Waals surface area contributed by atoms with E-state index in [1.807, 2.05) is 30.3 Å². The highest BCUT2D eigenvalue weighted by Crippen LogP contribution is 1.96. The van der Waals surface area contributed by atoms with E-state index in [0.717, 1.165) is 5.56 Å². The normalized spacial score (nSPS) is 11.7. The molecule has 1 aromatic carbocycles. The van der Waals surface area contributed by atoms with Gasteiger partial charge in [0.15, 0.2) is 0 Å². The van der Waals surface area contributed by atoms with Crippen LogP contribution >= 0.6 is 0 Å². The summed E-state index contributed by atoms with van der Waals surface area (Å²) in [7, 11) is 1.32. The van der Waals surface area contributed by atoms with Gasteiger partial charge in [-0.25, -0.2) is 0 Å². The lowest BCUT2D eigenvalue weighted by Crippen LogP contribution is -2.41. The van der Waals surface area contributed by atoms with Crippen LogP contribution in [0, 0.1) is 0 Å². The molecular weight excluding hydrogens is 232 g/mol. The number of methoxy groups -OCH3 is 1. The molecule has 1 rings (SSSR count). The van der Waals surface area contributed by atoms with Crippen LogP contribution in [0.5, 0.6) is 0 Å². The summed E-state index contributed by atoms with van der Waals surface area (Å²) in [6.45, 7) is 2.22. The van der Waals surface area contributed by atoms with Crippen molar-refractivity contribution in [1.82, 2.24) is 10.6 Å². The van der Waals surface area contributed by atoms with Crippen molar-refractivity contribution in [2.45, 2.75) is 19.5 Å². The van der Waals surface area contributed by atoms with Gasteiger partial charge in [-0.3, -0.25) is 14.9 Å². The number of amides is 1. The van der Waals surface area contributed by atoms with Crippen LogP contribution in [0.4, 0.5) is 0 Å². The second-order valence-corrected chi connectivity index (χ2v) is 3.89. The van der Waals surface area contributed by atoms with E-state index in [9.17, 15) is 9.59 Å². The van der Waals surface area contributed by atoms with Crippen LogP contribution < -0.4 is 10.6 Å². The van der Waals surface area contributed by atoms with E-state index in [1.54, 1.807) is 6.92 Å². The van der Waals surface area contributed by atoms with Crippen LogP contribution in [0.15, 0.2) is 30.3 Å². The maximum atomic E-state index is 11.5. The van der Waals surface area contributed by atoms with Gasteiger partial charge in [0.25, 0.3) is 0 Å². The van der Waals surface area contributed by atoms with Crippen molar-refractivity contribution >= 4 is 11.9 Å². The van der Waals surface area contributed by atoms with Crippen molar-refractivity contribution in [3.63, 3.8) is 0 Å². The average Bonchev–Trinajstić information content (AvgIpc) is 2.42. The summed E-state index contributed by atoms with van der Waals surface area (Å²) in [4.78, 5) is 22.6. The highest BCUT2D eigenvalue weighted by molar-refractivity contribution is 5.80. The predicted octanol–water partition coefficient (Wildman–Crippen LogP) is 0.454. The highest BCUT2D eigenvalue weighted by Gasteiger charge is 2.13. The lowest BCUT2D eigenvalue weighted by molar-refractivity contribution is -0.142. The molecule has 1 unspecified atom stereocenters. The fourth-order valence-corrected chi connectivity index (χ4v) is 1.36. The standard InChI is InChI=1S/C13H18N2O3/c1-10(13(17)18-2)14-9-12(16)15-8-11-6-4-3-5-7-11/h3-7,10,14H,8-9H2,1-2H3,(H,15,16). The first-order valence-corrected chi connectivity index (χ1v) is 5.75. The van der Waals surface area contributed by atoms with Crippen molar-refractivity contribution < 1.29 is 14.3 Å². The van der Waals surface area contributed by atoms with Crippen LogP contribution in [0.25, 0.3) is 0 Å². The van der Waals surface area contributed by atoms with Crippen LogP contribution in [0.3, 0.4) is 0 Å². The number of benzene rings is 1. The summed E-state index contributed by atoms with van der Waals surface area (Å²) in [5, 5.41) is 5.54. The summed E-state index contributed by atoms with van der Waals surface area (Å²) < 4.78 is 4.54. The first kappa shape index (κ1) is 14.2. The summed E-state index contributed by atoms with van der Waals surface area (Å²) >= 11 is 0. The minimum Gasteiger partial charge on any atom is -0.468 e. The number of rotatable bonds is 6. The molecule has 0 spiro atoms. The van der Waals surface area contributed by atoms with Crippen molar-refractivity contribution in [1.29, 1.82) is 0 Å². The van der Waals surface area contributed by atoms with Gasteiger partial charge in [0.2, 0.25) is 5.91 Å². The Balaban J connectivity index is 2.24. The van der Waals surface area contributed by atoms with Crippen LogP contribution in [0.1, 0.15) is 12.5 Å². The largest absolute Gasteiger partial charge is 0.468 e. The minimum atomic E-state index is -0.488. The fourth-order valence-electron chi connectivity index (χ4n) is 1.36. The summed E-state index contributed by atoms with van der Waals surface area (Å²) in [5.41, 5.74) is 1.03. The molecule has 0 aliphatic heterocycles. The maximum absolute atomic E-state index is 11.5. The monoisotopic (exact) mass is 250 g/mol. The molecule has 18 heavy (non-hydrogen) atoms. The smallest absolute Gasteiger partial charge is 0.322 e. The third kappa shape index (κ3) is 4.97. The Morgan fingerprint density at radius 2 is 1.94 bits per heavy atom. The summed E-state index contributed by atoms with van der Waals surface area (Å²) in [5.74, 6) is -0.541. The van der Waals surface area contributed by atoms with Gasteiger partial charge in [0.1, 0.15) is 6.04 Å². The number of nitrogens with one attached hydrogen (secondary N) is 2. The summed E-state index contributed by atoms with van der Waals surface area (Å²) in [6, 6.07) is 9.14. The van der Waals surface area contributed by atoms with Gasteiger partial charge in [0, 0.05) is 6.54 Å². The molecule has 5 heteroatoms. The molecule has 1 amide bonds. The molecule has 0 radical (unpaired) electrons. The molecule has 0 saturated heterocycles. The third-order valence-corrected chi connectivity index (χ3v) is 2.46. The molecular formula is C13H18N2O3. The van der Waals surface area contributed by atoms with Crippen molar-refractivity contribution in [3.8, 4) is 0 Å². The average molecular weight is 250 g/mol. The third-order valence-electron chi connectivity index (χ3n) is 2.46. The zero-order valence-corrected chi connectivity index (χ0v) is 10.6. The molecule has 0 fully saturated rings. The number of carbonyl (C=O) groups is 2. The highest BCUT2D eigenvalue weighted by atomic mass is 16.5. The molecule has 0 saturated carbocycles. The van der Waals surface area contributed by atoms with Crippen molar-refractivity contribution in [2.24, 2.45) is 0 Å². The molecule has 5 nitrogen and oxygen atoms in total. The molecule has 98 valence electrons. The van der Waals surface area contributed by atoms with E-state index in [-0.39, 0.29) is 18.4 Å². The lowest BCUT2D eigenvalue weighted by Gasteiger charge is -2.11. The van der Waals surface area contributed by atoms with Crippen molar-refractivity contribution in [3.05, 3.63) is 35.9 Å². The molecule has 0 aliphatic carbocycles. The summed E-state index contributed by atoms with van der Waals surface area (Å²) in [6.07, 6.45) is 0. The number of hydrogen-bond acceptors (Lipinski definition) is 4. The van der Waals surface area contributed by atoms with E-state index < -0.39 is 6.04 Å². The molecule has 0 bridgehead atoms. The Kier molecular flexibility index (Phi) is 5.87. The van der Waals surface area contributed by atoms with Gasteiger partial charge in [0.05, 0.1) is 13.7 Å². The zero-order valence-electron chi connectivity index (χ0n) is 10.6. The van der Waals surface area contributed by atoms with Gasteiger partial charge in [-0.15, -0.1) is 0 Å². The topological polar surface area (TPSA) is 67.4 Å². The quantitative estimate of drug-likeness (QED) is 0.720. The van der Waals surface area contributed by atoms with E-state index in [0.29, 0.717) is 6.54 Å². The van der Waals surface area contributed by atoms with E-state index in [2.05, 4.69) is 15.4 Å². The number of carbonyl (C=O) groups excluding carboxylic acids is 2. The molecule has 0 heterocycles. The number of ether oxygens (including phenoxy) is 1. The second-order valence-electron chi connectivity index (χ2n) is 3.89. The number of esters is 1. The predicted molar refractivity (Wildman–Crippen MR) is 67.8 cm³/mol. The molecule has 1 aromatic rings. The van der Waals surface area contributed by atoms with E-state index >= 15 is 0 Å². The Hall–Kier alpha value is -1.88. The first-order chi connectivity index (χ1) is 8.63. The second kappa shape index (κ2) is 7.45. The van der Waals surface area contributed by atoms with E-state index in [1.165, 1.54) is 7.11 Å². The van der Waals surface area contributed by atoms with E-state index in [4.69, 9.17) is 0 Å². The minimum absolute atomic E-state index is 0.0864. The SMILES string of the molecule is COC(=O)C(C)NCC(=O)NCc1ccccc1. The zero-order chi connectivity index (χ0) is 13.4. The van der Waals surface area contributed by atoms with Crippen LogP contribution in [0.2, 0.25) is 0 Å².